The van der Waals surface area contributed by atoms with Crippen LogP contribution in [0.1, 0.15) is 53.8 Å². The number of hydrogen-bond acceptors (Lipinski definition) is 5. The van der Waals surface area contributed by atoms with Crippen molar-refractivity contribution in [3.8, 4) is 0 Å². The summed E-state index contributed by atoms with van der Waals surface area (Å²) in [6, 6.07) is 17.3. The minimum absolute atomic E-state index is 0.0335. The lowest BCUT2D eigenvalue weighted by Crippen LogP contribution is -2.55. The number of carbonyl (C=O) groups is 2. The smallest absolute Gasteiger partial charge is 0.267 e. The number of hydrogen-bond donors (Lipinski definition) is 2. The monoisotopic (exact) mass is 540 g/mol. The molecule has 3 aliphatic rings. The normalized spacial score (nSPS) is 25.0. The van der Waals surface area contributed by atoms with Crippen LogP contribution in [0.4, 0.5) is 8.78 Å². The predicted octanol–water partition coefficient (Wildman–Crippen LogP) is 3.10. The lowest BCUT2D eigenvalue weighted by Gasteiger charge is -2.38. The van der Waals surface area contributed by atoms with E-state index in [-0.39, 0.29) is 36.9 Å². The molecule has 7 nitrogen and oxygen atoms in total. The van der Waals surface area contributed by atoms with Crippen molar-refractivity contribution in [3.05, 3.63) is 71.3 Å². The highest BCUT2D eigenvalue weighted by Crippen LogP contribution is 2.28. The molecule has 3 heterocycles. The minimum Gasteiger partial charge on any atom is -0.387 e. The molecular weight excluding hydrogens is 502 g/mol. The van der Waals surface area contributed by atoms with Gasteiger partial charge in [0.15, 0.2) is 0 Å². The van der Waals surface area contributed by atoms with Gasteiger partial charge in [-0.1, -0.05) is 42.5 Å². The number of aliphatic hydroxyl groups excluding tert-OH is 1. The first kappa shape index (κ1) is 27.7. The summed E-state index contributed by atoms with van der Waals surface area (Å²) < 4.78 is 27.1. The van der Waals surface area contributed by atoms with Crippen LogP contribution in [0.5, 0.6) is 0 Å². The average Bonchev–Trinajstić information content (AvgIpc) is 3.58. The van der Waals surface area contributed by atoms with Gasteiger partial charge in [-0.2, -0.15) is 0 Å². The van der Waals surface area contributed by atoms with Crippen molar-refractivity contribution in [2.45, 2.75) is 62.8 Å². The number of aliphatic hydroxyl groups is 1. The van der Waals surface area contributed by atoms with Crippen LogP contribution >= 0.6 is 0 Å². The maximum atomic E-state index is 13.5. The molecule has 0 aliphatic carbocycles. The molecule has 0 aromatic heterocycles. The van der Waals surface area contributed by atoms with Gasteiger partial charge < -0.3 is 20.2 Å². The Balaban J connectivity index is 1.08. The van der Waals surface area contributed by atoms with E-state index in [1.54, 1.807) is 11.8 Å². The zero-order chi connectivity index (χ0) is 27.6. The number of halogens is 2. The fourth-order valence-electron chi connectivity index (χ4n) is 6.05. The van der Waals surface area contributed by atoms with Gasteiger partial charge >= 0.3 is 0 Å². The van der Waals surface area contributed by atoms with Gasteiger partial charge in [0.1, 0.15) is 0 Å². The maximum Gasteiger partial charge on any atom is 0.267 e. The standard InChI is InChI=1S/C30H38F2N4O3/c1-21(28(38)36-14-13-30(31,32)20-36)34-15-17-35(18-16-34)29(39)24-9-7-22(8-10-24)19-25-11-12-26(33-25)27(37)23-5-3-2-4-6-23/h2-10,21,25-27,33,37H,11-20H2,1H3/t21?,25-,26+,27+/m0/s1. The van der Waals surface area contributed by atoms with Crippen LogP contribution < -0.4 is 5.32 Å². The van der Waals surface area contributed by atoms with E-state index in [0.29, 0.717) is 31.7 Å². The lowest BCUT2D eigenvalue weighted by molar-refractivity contribution is -0.137. The summed E-state index contributed by atoms with van der Waals surface area (Å²) in [6.45, 7) is 3.40. The highest BCUT2D eigenvalue weighted by atomic mass is 19.3. The summed E-state index contributed by atoms with van der Waals surface area (Å²) in [4.78, 5) is 30.8. The van der Waals surface area contributed by atoms with Gasteiger partial charge in [0.25, 0.3) is 11.8 Å². The Hall–Kier alpha value is -2.88. The minimum atomic E-state index is -2.79. The van der Waals surface area contributed by atoms with Crippen LogP contribution in [0.15, 0.2) is 54.6 Å². The van der Waals surface area contributed by atoms with Crippen molar-refractivity contribution in [2.75, 3.05) is 39.3 Å². The molecule has 2 amide bonds. The second-order valence-corrected chi connectivity index (χ2v) is 11.2. The third-order valence-electron chi connectivity index (χ3n) is 8.47. The van der Waals surface area contributed by atoms with E-state index >= 15 is 0 Å². The number of nitrogens with one attached hydrogen (secondary N) is 1. The van der Waals surface area contributed by atoms with Gasteiger partial charge in [-0.3, -0.25) is 14.5 Å². The molecule has 0 spiro atoms. The summed E-state index contributed by atoms with van der Waals surface area (Å²) in [5, 5.41) is 14.3. The summed E-state index contributed by atoms with van der Waals surface area (Å²) in [7, 11) is 0. The molecule has 2 aromatic rings. The van der Waals surface area contributed by atoms with Crippen LogP contribution in [-0.4, -0.2) is 94.9 Å². The number of benzene rings is 2. The van der Waals surface area contributed by atoms with Gasteiger partial charge in [0, 0.05) is 56.8 Å². The van der Waals surface area contributed by atoms with E-state index in [9.17, 15) is 23.5 Å². The third kappa shape index (κ3) is 6.48. The maximum absolute atomic E-state index is 13.5. The third-order valence-corrected chi connectivity index (χ3v) is 8.47. The molecule has 0 saturated carbocycles. The Kier molecular flexibility index (Phi) is 8.30. The van der Waals surface area contributed by atoms with Crippen LogP contribution in [0.25, 0.3) is 0 Å². The van der Waals surface area contributed by atoms with E-state index in [2.05, 4.69) is 5.32 Å². The molecule has 3 aliphatic heterocycles. The van der Waals surface area contributed by atoms with Crippen LogP contribution in [0.3, 0.4) is 0 Å². The fourth-order valence-corrected chi connectivity index (χ4v) is 6.05. The molecule has 39 heavy (non-hydrogen) atoms. The predicted molar refractivity (Wildman–Crippen MR) is 145 cm³/mol. The van der Waals surface area contributed by atoms with Crippen molar-refractivity contribution in [1.82, 2.24) is 20.0 Å². The second-order valence-electron chi connectivity index (χ2n) is 11.2. The van der Waals surface area contributed by atoms with Gasteiger partial charge in [-0.15, -0.1) is 0 Å². The summed E-state index contributed by atoms with van der Waals surface area (Å²) in [5.74, 6) is -3.10. The largest absolute Gasteiger partial charge is 0.387 e. The number of nitrogens with zero attached hydrogens (tertiary/aromatic N) is 3. The number of carbonyl (C=O) groups excluding carboxylic acids is 2. The molecule has 1 unspecified atom stereocenters. The molecule has 0 radical (unpaired) electrons. The number of alkyl halides is 2. The van der Waals surface area contributed by atoms with Gasteiger partial charge in [-0.25, -0.2) is 8.78 Å². The number of piperazine rings is 1. The first-order chi connectivity index (χ1) is 18.7. The van der Waals surface area contributed by atoms with Crippen LogP contribution in [0, 0.1) is 0 Å². The Bertz CT molecular complexity index is 1140. The van der Waals surface area contributed by atoms with Gasteiger partial charge in [0.05, 0.1) is 18.7 Å². The molecule has 210 valence electrons. The molecule has 4 atom stereocenters. The Morgan fingerprint density at radius 1 is 0.974 bits per heavy atom. The van der Waals surface area contributed by atoms with E-state index in [1.165, 1.54) is 4.90 Å². The van der Waals surface area contributed by atoms with Gasteiger partial charge in [0.2, 0.25) is 5.91 Å². The first-order valence-electron chi connectivity index (χ1n) is 14.0. The highest BCUT2D eigenvalue weighted by Gasteiger charge is 2.42. The van der Waals surface area contributed by atoms with E-state index in [1.807, 2.05) is 59.5 Å². The molecule has 0 bridgehead atoms. The summed E-state index contributed by atoms with van der Waals surface area (Å²) in [6.07, 6.45) is 1.93. The molecule has 9 heteroatoms. The average molecular weight is 541 g/mol. The summed E-state index contributed by atoms with van der Waals surface area (Å²) in [5.41, 5.74) is 2.70. The zero-order valence-electron chi connectivity index (χ0n) is 22.4. The molecule has 2 aromatic carbocycles. The SMILES string of the molecule is CC(C(=O)N1CCC(F)(F)C1)N1CCN(C(=O)c2ccc(C[C@@H]3CC[C@H]([C@H](O)c4ccccc4)N3)cc2)CC1. The molecule has 3 fully saturated rings. The number of likely N-dealkylation sites (tertiary alicyclic amines) is 1. The Labute approximate surface area is 228 Å². The highest BCUT2D eigenvalue weighted by molar-refractivity contribution is 5.94. The zero-order valence-corrected chi connectivity index (χ0v) is 22.4. The number of amides is 2. The van der Waals surface area contributed by atoms with Crippen molar-refractivity contribution in [3.63, 3.8) is 0 Å². The van der Waals surface area contributed by atoms with Crippen molar-refractivity contribution in [1.29, 1.82) is 0 Å². The van der Waals surface area contributed by atoms with Crippen LogP contribution in [0.2, 0.25) is 0 Å². The van der Waals surface area contributed by atoms with E-state index in [4.69, 9.17) is 0 Å². The summed E-state index contributed by atoms with van der Waals surface area (Å²) >= 11 is 0. The Morgan fingerprint density at radius 2 is 1.67 bits per heavy atom. The fraction of sp³-hybridized carbons (Fsp3) is 0.533. The quantitative estimate of drug-likeness (QED) is 0.565. The van der Waals surface area contributed by atoms with E-state index < -0.39 is 24.6 Å². The van der Waals surface area contributed by atoms with Crippen molar-refractivity contribution < 1.29 is 23.5 Å². The molecular formula is C30H38F2N4O3. The number of rotatable bonds is 7. The second kappa shape index (κ2) is 11.7. The molecule has 2 N–H and O–H groups in total. The van der Waals surface area contributed by atoms with Crippen LogP contribution in [-0.2, 0) is 11.2 Å². The first-order valence-corrected chi connectivity index (χ1v) is 14.0. The Morgan fingerprint density at radius 3 is 2.31 bits per heavy atom. The molecule has 5 rings (SSSR count). The van der Waals surface area contributed by atoms with Crippen molar-refractivity contribution >= 4 is 11.8 Å². The lowest BCUT2D eigenvalue weighted by atomic mass is 10.0. The van der Waals surface area contributed by atoms with Crippen molar-refractivity contribution in [2.24, 2.45) is 0 Å². The van der Waals surface area contributed by atoms with E-state index in [0.717, 1.165) is 30.4 Å². The van der Waals surface area contributed by atoms with Gasteiger partial charge in [-0.05, 0) is 49.4 Å². The topological polar surface area (TPSA) is 76.1 Å². The molecule has 3 saturated heterocycles.